The van der Waals surface area contributed by atoms with Gasteiger partial charge >= 0.3 is 0 Å². The molecule has 1 amide bonds. The minimum atomic E-state index is -4.37. The van der Waals surface area contributed by atoms with Crippen molar-refractivity contribution < 1.29 is 31.5 Å². The number of anilines is 1. The first-order valence-electron chi connectivity index (χ1n) is 11.7. The number of benzene rings is 3. The minimum Gasteiger partial charge on any atom is -0.354 e. The Kier molecular flexibility index (Phi) is 10.2. The Labute approximate surface area is 226 Å². The van der Waals surface area contributed by atoms with Gasteiger partial charge in [-0.3, -0.25) is 9.10 Å². The molecule has 3 aromatic rings. The molecule has 11 heteroatoms. The van der Waals surface area contributed by atoms with Crippen LogP contribution in [0.4, 0.5) is 14.5 Å². The summed E-state index contributed by atoms with van der Waals surface area (Å²) < 4.78 is 67.8. The summed E-state index contributed by atoms with van der Waals surface area (Å²) in [5, 5.41) is 3.04. The molecule has 0 aliphatic heterocycles. The van der Waals surface area contributed by atoms with E-state index in [2.05, 4.69) is 5.32 Å². The summed E-state index contributed by atoms with van der Waals surface area (Å²) in [5.41, 5.74) is 0.775. The Hall–Kier alpha value is -3.05. The van der Waals surface area contributed by atoms with Crippen molar-refractivity contribution in [2.45, 2.75) is 37.0 Å². The van der Waals surface area contributed by atoms with Gasteiger partial charge in [-0.2, -0.15) is 0 Å². The van der Waals surface area contributed by atoms with E-state index >= 15 is 4.39 Å². The maximum atomic E-state index is 15.0. The highest BCUT2D eigenvalue weighted by Crippen LogP contribution is 2.37. The van der Waals surface area contributed by atoms with Gasteiger partial charge in [0.25, 0.3) is 10.0 Å². The van der Waals surface area contributed by atoms with Gasteiger partial charge in [-0.15, -0.1) is 0 Å². The zero-order chi connectivity index (χ0) is 27.9. The predicted molar refractivity (Wildman–Crippen MR) is 141 cm³/mol. The van der Waals surface area contributed by atoms with Gasteiger partial charge in [-0.25, -0.2) is 17.2 Å². The second-order valence-corrected chi connectivity index (χ2v) is 10.7. The van der Waals surface area contributed by atoms with Gasteiger partial charge in [0, 0.05) is 31.7 Å². The molecule has 0 unspecified atom stereocenters. The molecule has 0 aromatic heterocycles. The molecule has 0 heterocycles. The van der Waals surface area contributed by atoms with Gasteiger partial charge < -0.3 is 14.8 Å². The van der Waals surface area contributed by atoms with Crippen LogP contribution < -0.4 is 9.62 Å². The molecule has 0 bridgehead atoms. The van der Waals surface area contributed by atoms with E-state index in [4.69, 9.17) is 21.1 Å². The minimum absolute atomic E-state index is 0.0993. The quantitative estimate of drug-likeness (QED) is 0.303. The number of nitrogens with zero attached hydrogens (tertiary/aromatic N) is 1. The van der Waals surface area contributed by atoms with Crippen LogP contribution in [0.5, 0.6) is 0 Å². The number of carbonyl (C=O) groups is 1. The number of rotatable bonds is 12. The van der Waals surface area contributed by atoms with E-state index in [1.54, 1.807) is 31.2 Å². The maximum absolute atomic E-state index is 15.0. The molecule has 1 N–H and O–H groups in total. The number of aryl methyl sites for hydroxylation is 1. The molecule has 0 fully saturated rings. The Balaban J connectivity index is 1.98. The number of amides is 1. The lowest BCUT2D eigenvalue weighted by Crippen LogP contribution is -2.35. The molecule has 7 nitrogen and oxygen atoms in total. The van der Waals surface area contributed by atoms with Gasteiger partial charge in [0.1, 0.15) is 11.6 Å². The molecular weight excluding hydrogens is 538 g/mol. The van der Waals surface area contributed by atoms with Gasteiger partial charge in [0.2, 0.25) is 5.91 Å². The fourth-order valence-corrected chi connectivity index (χ4v) is 5.78. The lowest BCUT2D eigenvalue weighted by molar-refractivity contribution is -0.127. The van der Waals surface area contributed by atoms with Gasteiger partial charge in [-0.05, 0) is 60.9 Å². The van der Waals surface area contributed by atoms with Crippen molar-refractivity contribution in [3.05, 3.63) is 94.5 Å². The Morgan fingerprint density at radius 3 is 2.34 bits per heavy atom. The average molecular weight is 567 g/mol. The molecule has 0 aliphatic carbocycles. The van der Waals surface area contributed by atoms with Crippen molar-refractivity contribution in [1.29, 1.82) is 0 Å². The number of hydrogen-bond donors (Lipinski definition) is 1. The molecule has 38 heavy (non-hydrogen) atoms. The normalized spacial score (nSPS) is 12.4. The Morgan fingerprint density at radius 1 is 1.03 bits per heavy atom. The first kappa shape index (κ1) is 29.5. The molecule has 3 aromatic carbocycles. The van der Waals surface area contributed by atoms with Crippen LogP contribution in [0, 0.1) is 11.6 Å². The Morgan fingerprint density at radius 2 is 1.68 bits per heavy atom. The monoisotopic (exact) mass is 566 g/mol. The van der Waals surface area contributed by atoms with Crippen LogP contribution >= 0.6 is 11.6 Å². The van der Waals surface area contributed by atoms with Crippen molar-refractivity contribution in [3.63, 3.8) is 0 Å². The van der Waals surface area contributed by atoms with Crippen LogP contribution in [0.15, 0.2) is 71.6 Å². The van der Waals surface area contributed by atoms with Crippen LogP contribution in [0.1, 0.15) is 30.5 Å². The standard InChI is InChI=1S/C27H29ClF2N2O5S/c1-18(23-7-5-4-6-19(23)8-15-26(33)31-17-27(36-2)37-3)32(25-16-21(29)11-14-24(25)30)38(34,35)22-12-9-20(28)10-13-22/h4-7,9-14,16,18,27H,8,15,17H2,1-3H3,(H,31,33)/t18-/m1/s1. The molecule has 1 atom stereocenters. The highest BCUT2D eigenvalue weighted by atomic mass is 35.5. The summed E-state index contributed by atoms with van der Waals surface area (Å²) in [5.74, 6) is -1.95. The van der Waals surface area contributed by atoms with Crippen LogP contribution in [-0.2, 0) is 30.7 Å². The fraction of sp³-hybridized carbons (Fsp3) is 0.296. The summed E-state index contributed by atoms with van der Waals surface area (Å²) in [6.45, 7) is 1.74. The van der Waals surface area contributed by atoms with E-state index in [0.717, 1.165) is 22.5 Å². The van der Waals surface area contributed by atoms with Crippen molar-refractivity contribution in [2.75, 3.05) is 25.1 Å². The molecule has 0 aliphatic rings. The molecule has 3 rings (SSSR count). The maximum Gasteiger partial charge on any atom is 0.264 e. The number of carbonyl (C=O) groups excluding carboxylic acids is 1. The number of methoxy groups -OCH3 is 2. The lowest BCUT2D eigenvalue weighted by Gasteiger charge is -2.32. The summed E-state index contributed by atoms with van der Waals surface area (Å²) in [6.07, 6.45) is -0.210. The molecule has 0 saturated heterocycles. The summed E-state index contributed by atoms with van der Waals surface area (Å²) in [7, 11) is -1.45. The van der Waals surface area contributed by atoms with Gasteiger partial charge in [-0.1, -0.05) is 35.9 Å². The van der Waals surface area contributed by atoms with Crippen LogP contribution in [0.25, 0.3) is 0 Å². The van der Waals surface area contributed by atoms with E-state index < -0.39 is 39.7 Å². The lowest BCUT2D eigenvalue weighted by atomic mass is 9.97. The van der Waals surface area contributed by atoms with Crippen molar-refractivity contribution >= 4 is 33.2 Å². The highest BCUT2D eigenvalue weighted by molar-refractivity contribution is 7.92. The smallest absolute Gasteiger partial charge is 0.264 e. The van der Waals surface area contributed by atoms with Gasteiger partial charge in [0.05, 0.1) is 23.2 Å². The van der Waals surface area contributed by atoms with E-state index in [-0.39, 0.29) is 30.2 Å². The van der Waals surface area contributed by atoms with Crippen LogP contribution in [0.2, 0.25) is 5.02 Å². The summed E-state index contributed by atoms with van der Waals surface area (Å²) >= 11 is 5.94. The van der Waals surface area contributed by atoms with Crippen molar-refractivity contribution in [1.82, 2.24) is 5.32 Å². The molecular formula is C27H29ClF2N2O5S. The largest absolute Gasteiger partial charge is 0.354 e. The molecule has 0 saturated carbocycles. The van der Waals surface area contributed by atoms with Crippen LogP contribution in [0.3, 0.4) is 0 Å². The predicted octanol–water partition coefficient (Wildman–Crippen LogP) is 5.24. The zero-order valence-electron chi connectivity index (χ0n) is 21.2. The number of ether oxygens (including phenoxy) is 2. The average Bonchev–Trinajstić information content (AvgIpc) is 2.90. The number of halogens is 3. The fourth-order valence-electron chi connectivity index (χ4n) is 4.01. The summed E-state index contributed by atoms with van der Waals surface area (Å²) in [4.78, 5) is 12.3. The SMILES string of the molecule is COC(CNC(=O)CCc1ccccc1[C@@H](C)N(c1cc(F)ccc1F)S(=O)(=O)c1ccc(Cl)cc1)OC. The number of nitrogens with one attached hydrogen (secondary N) is 1. The van der Waals surface area contributed by atoms with Crippen LogP contribution in [-0.4, -0.2) is 41.4 Å². The molecule has 0 spiro atoms. The first-order valence-corrected chi connectivity index (χ1v) is 13.6. The van der Waals surface area contributed by atoms with E-state index in [1.807, 2.05) is 0 Å². The first-order chi connectivity index (χ1) is 18.1. The zero-order valence-corrected chi connectivity index (χ0v) is 22.7. The number of sulfonamides is 1. The highest BCUT2D eigenvalue weighted by Gasteiger charge is 2.33. The Bertz CT molecular complexity index is 1350. The topological polar surface area (TPSA) is 84.9 Å². The van der Waals surface area contributed by atoms with Crippen molar-refractivity contribution in [3.8, 4) is 0 Å². The third-order valence-electron chi connectivity index (χ3n) is 5.99. The third kappa shape index (κ3) is 7.08. The number of hydrogen-bond acceptors (Lipinski definition) is 5. The van der Waals surface area contributed by atoms with E-state index in [9.17, 15) is 17.6 Å². The third-order valence-corrected chi connectivity index (χ3v) is 8.14. The van der Waals surface area contributed by atoms with E-state index in [1.165, 1.54) is 38.5 Å². The second kappa shape index (κ2) is 13.1. The van der Waals surface area contributed by atoms with Crippen molar-refractivity contribution in [2.24, 2.45) is 0 Å². The second-order valence-electron chi connectivity index (χ2n) is 8.43. The molecule has 0 radical (unpaired) electrons. The van der Waals surface area contributed by atoms with Gasteiger partial charge in [0.15, 0.2) is 6.29 Å². The molecule has 204 valence electrons. The summed E-state index contributed by atoms with van der Waals surface area (Å²) in [6, 6.07) is 14.0. The van der Waals surface area contributed by atoms with E-state index in [0.29, 0.717) is 16.1 Å².